The van der Waals surface area contributed by atoms with E-state index in [-0.39, 0.29) is 12.6 Å². The van der Waals surface area contributed by atoms with Gasteiger partial charge in [-0.25, -0.2) is 0 Å². The van der Waals surface area contributed by atoms with Gasteiger partial charge in [-0.05, 0) is 38.1 Å². The number of piperidine rings is 1. The molecule has 1 aliphatic heterocycles. The second kappa shape index (κ2) is 8.96. The Morgan fingerprint density at radius 2 is 2.04 bits per heavy atom. The zero-order valence-corrected chi connectivity index (χ0v) is 13.9. The van der Waals surface area contributed by atoms with Gasteiger partial charge in [0.05, 0.1) is 18.7 Å². The van der Waals surface area contributed by atoms with Crippen LogP contribution in [0.2, 0.25) is 0 Å². The molecule has 1 unspecified atom stereocenters. The average Bonchev–Trinajstić information content (AvgIpc) is 3.07. The zero-order valence-electron chi connectivity index (χ0n) is 13.9. The van der Waals surface area contributed by atoms with Crippen LogP contribution in [0.25, 0.3) is 0 Å². The van der Waals surface area contributed by atoms with Crippen molar-refractivity contribution >= 4 is 5.96 Å². The van der Waals surface area contributed by atoms with Crippen molar-refractivity contribution in [3.05, 3.63) is 24.2 Å². The maximum atomic E-state index is 12.2. The molecular formula is C16H25F3N4O. The average molecular weight is 346 g/mol. The van der Waals surface area contributed by atoms with E-state index < -0.39 is 12.6 Å². The molecule has 1 atom stereocenters. The summed E-state index contributed by atoms with van der Waals surface area (Å²) >= 11 is 0. The van der Waals surface area contributed by atoms with Crippen molar-refractivity contribution in [1.29, 1.82) is 0 Å². The second-order valence-electron chi connectivity index (χ2n) is 5.87. The van der Waals surface area contributed by atoms with Crippen LogP contribution < -0.4 is 10.6 Å². The summed E-state index contributed by atoms with van der Waals surface area (Å²) in [7, 11) is 1.55. The van der Waals surface area contributed by atoms with Crippen molar-refractivity contribution in [1.82, 2.24) is 15.5 Å². The summed E-state index contributed by atoms with van der Waals surface area (Å²) in [6.07, 6.45) is 0.113. The lowest BCUT2D eigenvalue weighted by Gasteiger charge is -2.33. The molecule has 0 bridgehead atoms. The van der Waals surface area contributed by atoms with Gasteiger partial charge >= 0.3 is 6.18 Å². The first kappa shape index (κ1) is 18.6. The number of halogens is 3. The lowest BCUT2D eigenvalue weighted by Crippen LogP contribution is -2.45. The highest BCUT2D eigenvalue weighted by atomic mass is 19.4. The number of nitrogens with one attached hydrogen (secondary N) is 2. The van der Waals surface area contributed by atoms with Crippen LogP contribution in [0.1, 0.15) is 37.5 Å². The fourth-order valence-corrected chi connectivity index (χ4v) is 2.86. The van der Waals surface area contributed by atoms with Crippen LogP contribution in [0.4, 0.5) is 13.2 Å². The van der Waals surface area contributed by atoms with E-state index in [0.717, 1.165) is 31.7 Å². The minimum Gasteiger partial charge on any atom is -0.468 e. The molecule has 24 heavy (non-hydrogen) atoms. The fourth-order valence-electron chi connectivity index (χ4n) is 2.86. The van der Waals surface area contributed by atoms with Crippen molar-refractivity contribution < 1.29 is 17.6 Å². The molecule has 0 radical (unpaired) electrons. The minimum atomic E-state index is -4.17. The number of aliphatic imine (C=N–C) groups is 1. The Hall–Kier alpha value is -1.70. The van der Waals surface area contributed by atoms with Crippen molar-refractivity contribution in [2.75, 3.05) is 33.2 Å². The molecule has 1 fully saturated rings. The summed E-state index contributed by atoms with van der Waals surface area (Å²) in [6.45, 7) is 2.32. The van der Waals surface area contributed by atoms with Crippen molar-refractivity contribution in [3.8, 4) is 0 Å². The van der Waals surface area contributed by atoms with Crippen LogP contribution in [0.3, 0.4) is 0 Å². The highest BCUT2D eigenvalue weighted by Crippen LogP contribution is 2.24. The first-order valence-electron chi connectivity index (χ1n) is 8.28. The molecule has 1 aliphatic rings. The number of guanidine groups is 1. The molecule has 1 aromatic rings. The third kappa shape index (κ3) is 6.07. The molecule has 5 nitrogen and oxygen atoms in total. The van der Waals surface area contributed by atoms with E-state index in [1.54, 1.807) is 13.3 Å². The Labute approximate surface area is 140 Å². The second-order valence-corrected chi connectivity index (χ2v) is 5.87. The maximum Gasteiger partial charge on any atom is 0.390 e. The molecule has 136 valence electrons. The van der Waals surface area contributed by atoms with Crippen LogP contribution in [0.5, 0.6) is 0 Å². The van der Waals surface area contributed by atoms with Crippen LogP contribution >= 0.6 is 0 Å². The number of hydrogen-bond donors (Lipinski definition) is 2. The van der Waals surface area contributed by atoms with E-state index >= 15 is 0 Å². The van der Waals surface area contributed by atoms with Gasteiger partial charge in [-0.2, -0.15) is 13.2 Å². The van der Waals surface area contributed by atoms with Gasteiger partial charge in [0, 0.05) is 20.1 Å². The van der Waals surface area contributed by atoms with Crippen molar-refractivity contribution in [2.45, 2.75) is 37.9 Å². The predicted octanol–water partition coefficient (Wildman–Crippen LogP) is 2.92. The summed E-state index contributed by atoms with van der Waals surface area (Å²) < 4.78 is 42.3. The molecule has 0 amide bonds. The first-order chi connectivity index (χ1) is 11.5. The lowest BCUT2D eigenvalue weighted by atomic mass is 10.1. The van der Waals surface area contributed by atoms with E-state index in [1.807, 2.05) is 12.1 Å². The zero-order chi connectivity index (χ0) is 17.4. The van der Waals surface area contributed by atoms with Gasteiger partial charge in [0.2, 0.25) is 0 Å². The Balaban J connectivity index is 1.89. The number of hydrogen-bond acceptors (Lipinski definition) is 3. The number of likely N-dealkylation sites (tertiary alicyclic amines) is 1. The van der Waals surface area contributed by atoms with Gasteiger partial charge in [0.15, 0.2) is 5.96 Å². The van der Waals surface area contributed by atoms with Gasteiger partial charge < -0.3 is 15.1 Å². The van der Waals surface area contributed by atoms with Gasteiger partial charge in [-0.15, -0.1) is 0 Å². The fraction of sp³-hybridized carbons (Fsp3) is 0.688. The molecular weight excluding hydrogens is 321 g/mol. The molecule has 2 N–H and O–H groups in total. The highest BCUT2D eigenvalue weighted by Gasteiger charge is 2.27. The van der Waals surface area contributed by atoms with Gasteiger partial charge in [-0.1, -0.05) is 6.42 Å². The molecule has 0 aromatic carbocycles. The van der Waals surface area contributed by atoms with E-state index in [1.165, 1.54) is 6.42 Å². The highest BCUT2D eigenvalue weighted by molar-refractivity contribution is 5.79. The Morgan fingerprint density at radius 3 is 2.62 bits per heavy atom. The number of rotatable bonds is 6. The molecule has 2 heterocycles. The Bertz CT molecular complexity index is 496. The van der Waals surface area contributed by atoms with E-state index in [4.69, 9.17) is 4.42 Å². The summed E-state index contributed by atoms with van der Waals surface area (Å²) in [5, 5.41) is 5.81. The van der Waals surface area contributed by atoms with E-state index in [0.29, 0.717) is 12.5 Å². The van der Waals surface area contributed by atoms with Crippen molar-refractivity contribution in [2.24, 2.45) is 4.99 Å². The number of alkyl halides is 3. The largest absolute Gasteiger partial charge is 0.468 e. The summed E-state index contributed by atoms with van der Waals surface area (Å²) in [5.74, 6) is 1.22. The lowest BCUT2D eigenvalue weighted by molar-refractivity contribution is -0.132. The monoisotopic (exact) mass is 346 g/mol. The minimum absolute atomic E-state index is 0.0430. The SMILES string of the molecule is CN=C(NCCC(F)(F)F)NCC(c1ccco1)N1CCCCC1. The molecule has 1 aromatic heterocycles. The number of furan rings is 1. The topological polar surface area (TPSA) is 52.8 Å². The van der Waals surface area contributed by atoms with Gasteiger partial charge in [0.1, 0.15) is 5.76 Å². The molecule has 0 aliphatic carbocycles. The summed E-state index contributed by atoms with van der Waals surface area (Å²) in [4.78, 5) is 6.33. The Kier molecular flexibility index (Phi) is 6.96. The number of nitrogens with zero attached hydrogens (tertiary/aromatic N) is 2. The van der Waals surface area contributed by atoms with Gasteiger partial charge in [-0.3, -0.25) is 9.89 Å². The third-order valence-electron chi connectivity index (χ3n) is 4.09. The van der Waals surface area contributed by atoms with Crippen LogP contribution in [-0.4, -0.2) is 50.3 Å². The third-order valence-corrected chi connectivity index (χ3v) is 4.09. The van der Waals surface area contributed by atoms with Crippen LogP contribution in [0.15, 0.2) is 27.8 Å². The van der Waals surface area contributed by atoms with E-state index in [9.17, 15) is 13.2 Å². The standard InChI is InChI=1S/C16H25F3N4O/c1-20-15(21-8-7-16(17,18)19)22-12-13(14-6-5-11-24-14)23-9-3-2-4-10-23/h5-6,11,13H,2-4,7-10,12H2,1H3,(H2,20,21,22). The normalized spacial score (nSPS) is 18.4. The summed E-state index contributed by atoms with van der Waals surface area (Å²) in [6, 6.07) is 3.82. The molecule has 0 spiro atoms. The molecule has 2 rings (SSSR count). The molecule has 8 heteroatoms. The Morgan fingerprint density at radius 1 is 1.29 bits per heavy atom. The summed E-state index contributed by atoms with van der Waals surface area (Å²) in [5.41, 5.74) is 0. The van der Waals surface area contributed by atoms with E-state index in [2.05, 4.69) is 20.5 Å². The van der Waals surface area contributed by atoms with Crippen LogP contribution in [-0.2, 0) is 0 Å². The quantitative estimate of drug-likeness (QED) is 0.614. The van der Waals surface area contributed by atoms with Crippen molar-refractivity contribution in [3.63, 3.8) is 0 Å². The predicted molar refractivity (Wildman–Crippen MR) is 86.9 cm³/mol. The molecule has 0 saturated carbocycles. The van der Waals surface area contributed by atoms with Gasteiger partial charge in [0.25, 0.3) is 0 Å². The van der Waals surface area contributed by atoms with Crippen LogP contribution in [0, 0.1) is 0 Å². The first-order valence-corrected chi connectivity index (χ1v) is 8.28. The smallest absolute Gasteiger partial charge is 0.390 e. The maximum absolute atomic E-state index is 12.2. The molecule has 1 saturated heterocycles.